The molecule has 0 atom stereocenters. The molecule has 6 nitrogen and oxygen atoms in total. The number of methoxy groups -OCH3 is 1. The van der Waals surface area contributed by atoms with E-state index in [9.17, 15) is 9.59 Å². The number of piperidine rings is 1. The summed E-state index contributed by atoms with van der Waals surface area (Å²) >= 11 is 0. The molecule has 0 saturated carbocycles. The fourth-order valence-electron chi connectivity index (χ4n) is 3.67. The second-order valence-electron chi connectivity index (χ2n) is 7.55. The second-order valence-corrected chi connectivity index (χ2v) is 7.55. The predicted octanol–water partition coefficient (Wildman–Crippen LogP) is 2.57. The van der Waals surface area contributed by atoms with Crippen LogP contribution in [-0.4, -0.2) is 60.4 Å². The van der Waals surface area contributed by atoms with E-state index in [2.05, 4.69) is 4.98 Å². The number of pyridine rings is 1. The SMILES string of the molecule is COc1ccc(CC(=O)N2CCC(C(=O)N(C)CCc3ccncc3)CC2)cc1. The molecule has 0 radical (unpaired) electrons. The van der Waals surface area contributed by atoms with E-state index in [1.165, 1.54) is 5.56 Å². The summed E-state index contributed by atoms with van der Waals surface area (Å²) in [4.78, 5) is 33.0. The minimum atomic E-state index is 0.00229. The molecule has 1 saturated heterocycles. The third-order valence-electron chi connectivity index (χ3n) is 5.57. The number of carbonyl (C=O) groups excluding carboxylic acids is 2. The van der Waals surface area contributed by atoms with Crippen LogP contribution in [0.4, 0.5) is 0 Å². The second kappa shape index (κ2) is 10.0. The number of amides is 2. The van der Waals surface area contributed by atoms with Crippen LogP contribution in [0.5, 0.6) is 5.75 Å². The van der Waals surface area contributed by atoms with Gasteiger partial charge in [-0.15, -0.1) is 0 Å². The Bertz CT molecular complexity index is 800. The summed E-state index contributed by atoms with van der Waals surface area (Å²) in [5.41, 5.74) is 2.16. The summed E-state index contributed by atoms with van der Waals surface area (Å²) in [5.74, 6) is 1.09. The average Bonchev–Trinajstić information content (AvgIpc) is 2.78. The number of hydrogen-bond donors (Lipinski definition) is 0. The monoisotopic (exact) mass is 395 g/mol. The molecule has 1 aromatic heterocycles. The van der Waals surface area contributed by atoms with Gasteiger partial charge in [-0.05, 0) is 54.7 Å². The Labute approximate surface area is 172 Å². The lowest BCUT2D eigenvalue weighted by Gasteiger charge is -2.33. The number of likely N-dealkylation sites (N-methyl/N-ethyl adjacent to an activating group) is 1. The molecule has 0 spiro atoms. The normalized spacial score (nSPS) is 14.5. The van der Waals surface area contributed by atoms with Gasteiger partial charge in [-0.25, -0.2) is 0 Å². The summed E-state index contributed by atoms with van der Waals surface area (Å²) in [6.45, 7) is 1.98. The standard InChI is InChI=1S/C23H29N3O3/c1-25(14-9-18-7-12-24-13-8-18)23(28)20-10-15-26(16-11-20)22(27)17-19-3-5-21(29-2)6-4-19/h3-8,12-13,20H,9-11,14-17H2,1-2H3. The molecule has 1 aliphatic heterocycles. The molecular weight excluding hydrogens is 366 g/mol. The first-order chi connectivity index (χ1) is 14.1. The Kier molecular flexibility index (Phi) is 7.22. The van der Waals surface area contributed by atoms with Crippen molar-refractivity contribution in [2.24, 2.45) is 5.92 Å². The number of rotatable bonds is 7. The number of likely N-dealkylation sites (tertiary alicyclic amines) is 1. The van der Waals surface area contributed by atoms with Gasteiger partial charge in [0.2, 0.25) is 11.8 Å². The highest BCUT2D eigenvalue weighted by Gasteiger charge is 2.29. The number of benzene rings is 1. The Hall–Kier alpha value is -2.89. The van der Waals surface area contributed by atoms with Gasteiger partial charge in [0.15, 0.2) is 0 Å². The highest BCUT2D eigenvalue weighted by Crippen LogP contribution is 2.21. The maximum atomic E-state index is 12.7. The molecule has 0 N–H and O–H groups in total. The zero-order valence-electron chi connectivity index (χ0n) is 17.2. The molecule has 1 aromatic carbocycles. The lowest BCUT2D eigenvalue weighted by molar-refractivity contribution is -0.139. The van der Waals surface area contributed by atoms with Crippen LogP contribution in [0.2, 0.25) is 0 Å². The van der Waals surface area contributed by atoms with Crippen molar-refractivity contribution in [1.29, 1.82) is 0 Å². The molecule has 154 valence electrons. The van der Waals surface area contributed by atoms with Gasteiger partial charge >= 0.3 is 0 Å². The van der Waals surface area contributed by atoms with Crippen molar-refractivity contribution in [3.8, 4) is 5.75 Å². The third kappa shape index (κ3) is 5.79. The molecular formula is C23H29N3O3. The summed E-state index contributed by atoms with van der Waals surface area (Å²) in [6.07, 6.45) is 6.21. The van der Waals surface area contributed by atoms with Crippen molar-refractivity contribution >= 4 is 11.8 Å². The van der Waals surface area contributed by atoms with Crippen molar-refractivity contribution in [1.82, 2.24) is 14.8 Å². The summed E-state index contributed by atoms with van der Waals surface area (Å²) in [5, 5.41) is 0. The number of nitrogens with zero attached hydrogens (tertiary/aromatic N) is 3. The lowest BCUT2D eigenvalue weighted by atomic mass is 9.94. The van der Waals surface area contributed by atoms with Crippen LogP contribution >= 0.6 is 0 Å². The molecule has 1 fully saturated rings. The van der Waals surface area contributed by atoms with E-state index >= 15 is 0 Å². The summed E-state index contributed by atoms with van der Waals surface area (Å²) < 4.78 is 5.15. The Morgan fingerprint density at radius 2 is 1.72 bits per heavy atom. The first kappa shape index (κ1) is 20.8. The van der Waals surface area contributed by atoms with Gasteiger partial charge in [-0.1, -0.05) is 12.1 Å². The molecule has 29 heavy (non-hydrogen) atoms. The van der Waals surface area contributed by atoms with Crippen LogP contribution in [-0.2, 0) is 22.4 Å². The zero-order chi connectivity index (χ0) is 20.6. The smallest absolute Gasteiger partial charge is 0.226 e. The van der Waals surface area contributed by atoms with E-state index < -0.39 is 0 Å². The van der Waals surface area contributed by atoms with Crippen molar-refractivity contribution in [2.45, 2.75) is 25.7 Å². The Morgan fingerprint density at radius 3 is 2.34 bits per heavy atom. The Morgan fingerprint density at radius 1 is 1.07 bits per heavy atom. The van der Waals surface area contributed by atoms with Crippen molar-refractivity contribution in [3.05, 3.63) is 59.9 Å². The van der Waals surface area contributed by atoms with Crippen LogP contribution in [0.1, 0.15) is 24.0 Å². The average molecular weight is 396 g/mol. The number of carbonyl (C=O) groups is 2. The topological polar surface area (TPSA) is 62.7 Å². The quantitative estimate of drug-likeness (QED) is 0.723. The van der Waals surface area contributed by atoms with E-state index in [4.69, 9.17) is 4.74 Å². The van der Waals surface area contributed by atoms with Gasteiger partial charge < -0.3 is 14.5 Å². The van der Waals surface area contributed by atoms with Crippen LogP contribution in [0.15, 0.2) is 48.8 Å². The van der Waals surface area contributed by atoms with Gasteiger partial charge in [0.1, 0.15) is 5.75 Å². The molecule has 3 rings (SSSR count). The van der Waals surface area contributed by atoms with E-state index in [0.717, 1.165) is 30.6 Å². The van der Waals surface area contributed by atoms with E-state index in [1.54, 1.807) is 19.5 Å². The molecule has 2 amide bonds. The maximum absolute atomic E-state index is 12.7. The third-order valence-corrected chi connectivity index (χ3v) is 5.57. The van der Waals surface area contributed by atoms with Crippen molar-refractivity contribution in [3.63, 3.8) is 0 Å². The Balaban J connectivity index is 1.43. The van der Waals surface area contributed by atoms with Crippen molar-refractivity contribution < 1.29 is 14.3 Å². The summed E-state index contributed by atoms with van der Waals surface area (Å²) in [6, 6.07) is 11.5. The molecule has 0 bridgehead atoms. The molecule has 1 aliphatic rings. The fraction of sp³-hybridized carbons (Fsp3) is 0.435. The molecule has 6 heteroatoms. The zero-order valence-corrected chi connectivity index (χ0v) is 17.2. The maximum Gasteiger partial charge on any atom is 0.226 e. The van der Waals surface area contributed by atoms with Crippen LogP contribution < -0.4 is 4.74 Å². The first-order valence-electron chi connectivity index (χ1n) is 10.1. The first-order valence-corrected chi connectivity index (χ1v) is 10.1. The number of aromatic nitrogens is 1. The predicted molar refractivity (Wildman–Crippen MR) is 112 cm³/mol. The van der Waals surface area contributed by atoms with E-state index in [1.807, 2.05) is 53.2 Å². The van der Waals surface area contributed by atoms with Gasteiger partial charge in [0.25, 0.3) is 0 Å². The van der Waals surface area contributed by atoms with Crippen LogP contribution in [0.3, 0.4) is 0 Å². The minimum absolute atomic E-state index is 0.00229. The van der Waals surface area contributed by atoms with Gasteiger partial charge in [-0.2, -0.15) is 0 Å². The molecule has 0 aliphatic carbocycles. The largest absolute Gasteiger partial charge is 0.497 e. The van der Waals surface area contributed by atoms with Crippen LogP contribution in [0.25, 0.3) is 0 Å². The lowest BCUT2D eigenvalue weighted by Crippen LogP contribution is -2.44. The molecule has 2 heterocycles. The fourth-order valence-corrected chi connectivity index (χ4v) is 3.67. The highest BCUT2D eigenvalue weighted by atomic mass is 16.5. The van der Waals surface area contributed by atoms with Gasteiger partial charge in [0.05, 0.1) is 13.5 Å². The van der Waals surface area contributed by atoms with Gasteiger partial charge in [-0.3, -0.25) is 14.6 Å². The highest BCUT2D eigenvalue weighted by molar-refractivity contribution is 5.81. The number of ether oxygens (including phenoxy) is 1. The van der Waals surface area contributed by atoms with E-state index in [-0.39, 0.29) is 17.7 Å². The van der Waals surface area contributed by atoms with Crippen LogP contribution in [0, 0.1) is 5.92 Å². The molecule has 0 unspecified atom stereocenters. The number of hydrogen-bond acceptors (Lipinski definition) is 4. The molecule has 2 aromatic rings. The minimum Gasteiger partial charge on any atom is -0.497 e. The summed E-state index contributed by atoms with van der Waals surface area (Å²) in [7, 11) is 3.49. The van der Waals surface area contributed by atoms with Crippen molar-refractivity contribution in [2.75, 3.05) is 33.8 Å². The van der Waals surface area contributed by atoms with Gasteiger partial charge in [0, 0.05) is 45.0 Å². The van der Waals surface area contributed by atoms with E-state index in [0.29, 0.717) is 26.1 Å².